The highest BCUT2D eigenvalue weighted by Gasteiger charge is 2.31. The summed E-state index contributed by atoms with van der Waals surface area (Å²) in [4.78, 5) is 10.9. The van der Waals surface area contributed by atoms with Gasteiger partial charge in [-0.2, -0.15) is 4.31 Å². The molecule has 6 nitrogen and oxygen atoms in total. The van der Waals surface area contributed by atoms with Gasteiger partial charge in [-0.3, -0.25) is 0 Å². The van der Waals surface area contributed by atoms with Gasteiger partial charge < -0.3 is 9.84 Å². The number of carboxylic acids is 1. The Morgan fingerprint density at radius 3 is 2.78 bits per heavy atom. The third-order valence-electron chi connectivity index (χ3n) is 4.07. The van der Waals surface area contributed by atoms with Crippen molar-refractivity contribution < 1.29 is 27.4 Å². The van der Waals surface area contributed by atoms with E-state index in [1.165, 1.54) is 11.2 Å². The number of halogens is 1. The Labute approximate surface area is 134 Å². The van der Waals surface area contributed by atoms with Crippen LogP contribution in [0.5, 0.6) is 0 Å². The molecule has 0 bridgehead atoms. The van der Waals surface area contributed by atoms with E-state index in [0.29, 0.717) is 19.6 Å². The highest BCUT2D eigenvalue weighted by molar-refractivity contribution is 7.89. The monoisotopic (exact) mass is 345 g/mol. The largest absolute Gasteiger partial charge is 0.478 e. The molecule has 0 amide bonds. The fourth-order valence-corrected chi connectivity index (χ4v) is 4.38. The first-order chi connectivity index (χ1) is 10.8. The van der Waals surface area contributed by atoms with Gasteiger partial charge in [-0.05, 0) is 43.4 Å². The van der Waals surface area contributed by atoms with Crippen molar-refractivity contribution in [3.63, 3.8) is 0 Å². The number of nitrogens with zero attached hydrogens (tertiary/aromatic N) is 1. The van der Waals surface area contributed by atoms with Gasteiger partial charge >= 0.3 is 5.97 Å². The summed E-state index contributed by atoms with van der Waals surface area (Å²) in [6.45, 7) is 2.38. The fourth-order valence-electron chi connectivity index (χ4n) is 2.79. The fraction of sp³-hybridized carbons (Fsp3) is 0.533. The van der Waals surface area contributed by atoms with Crippen LogP contribution in [0.15, 0.2) is 17.0 Å². The molecule has 0 saturated carbocycles. The molecule has 1 N–H and O–H groups in total. The topological polar surface area (TPSA) is 83.9 Å². The van der Waals surface area contributed by atoms with Crippen molar-refractivity contribution in [1.29, 1.82) is 0 Å². The van der Waals surface area contributed by atoms with E-state index in [1.807, 2.05) is 0 Å². The third-order valence-corrected chi connectivity index (χ3v) is 5.91. The summed E-state index contributed by atoms with van der Waals surface area (Å²) in [6.07, 6.45) is 1.55. The van der Waals surface area contributed by atoms with E-state index >= 15 is 0 Å². The number of hydrogen-bond acceptors (Lipinski definition) is 4. The second kappa shape index (κ2) is 6.94. The highest BCUT2D eigenvalue weighted by Crippen LogP contribution is 2.26. The minimum Gasteiger partial charge on any atom is -0.478 e. The summed E-state index contributed by atoms with van der Waals surface area (Å²) in [5.74, 6) is -2.11. The Kier molecular flexibility index (Phi) is 5.38. The number of rotatable bonds is 5. The number of piperidine rings is 1. The summed E-state index contributed by atoms with van der Waals surface area (Å²) in [7, 11) is -2.38. The molecule has 1 aliphatic rings. The number of benzene rings is 1. The van der Waals surface area contributed by atoms with Gasteiger partial charge in [0.05, 0.1) is 17.1 Å². The van der Waals surface area contributed by atoms with Crippen LogP contribution in [0.4, 0.5) is 4.39 Å². The average Bonchev–Trinajstić information content (AvgIpc) is 2.50. The number of methoxy groups -OCH3 is 1. The standard InChI is InChI=1S/C15H20FNO5S/c1-10-13(15(18)19)6-12(7-14(10)16)23(20,21)17-5-3-4-11(8-17)9-22-2/h6-7,11H,3-5,8-9H2,1-2H3,(H,18,19). The summed E-state index contributed by atoms with van der Waals surface area (Å²) < 4.78 is 45.7. The molecule has 1 unspecified atom stereocenters. The third kappa shape index (κ3) is 3.70. The molecule has 1 atom stereocenters. The van der Waals surface area contributed by atoms with Crippen LogP contribution in [0.2, 0.25) is 0 Å². The Balaban J connectivity index is 2.38. The van der Waals surface area contributed by atoms with Crippen molar-refractivity contribution in [2.75, 3.05) is 26.8 Å². The normalized spacial score (nSPS) is 19.7. The molecule has 128 valence electrons. The first kappa shape index (κ1) is 17.8. The van der Waals surface area contributed by atoms with Gasteiger partial charge in [0.1, 0.15) is 5.82 Å². The predicted molar refractivity (Wildman–Crippen MR) is 81.5 cm³/mol. The molecule has 2 rings (SSSR count). The van der Waals surface area contributed by atoms with E-state index in [9.17, 15) is 17.6 Å². The number of sulfonamides is 1. The van der Waals surface area contributed by atoms with Crippen molar-refractivity contribution in [3.8, 4) is 0 Å². The number of ether oxygens (including phenoxy) is 1. The maximum absolute atomic E-state index is 13.9. The molecule has 1 saturated heterocycles. The maximum Gasteiger partial charge on any atom is 0.336 e. The average molecular weight is 345 g/mol. The Hall–Kier alpha value is -1.51. The molecule has 8 heteroatoms. The van der Waals surface area contributed by atoms with E-state index < -0.39 is 21.8 Å². The zero-order valence-electron chi connectivity index (χ0n) is 13.1. The van der Waals surface area contributed by atoms with Crippen LogP contribution in [-0.4, -0.2) is 50.6 Å². The Morgan fingerprint density at radius 1 is 1.48 bits per heavy atom. The van der Waals surface area contributed by atoms with E-state index in [2.05, 4.69) is 0 Å². The minimum atomic E-state index is -3.93. The van der Waals surface area contributed by atoms with Crippen LogP contribution in [0.25, 0.3) is 0 Å². The second-order valence-electron chi connectivity index (χ2n) is 5.71. The molecule has 0 aliphatic carbocycles. The summed E-state index contributed by atoms with van der Waals surface area (Å²) in [5, 5.41) is 9.11. The quantitative estimate of drug-likeness (QED) is 0.881. The van der Waals surface area contributed by atoms with Crippen molar-refractivity contribution in [3.05, 3.63) is 29.1 Å². The van der Waals surface area contributed by atoms with E-state index in [-0.39, 0.29) is 28.5 Å². The van der Waals surface area contributed by atoms with Crippen molar-refractivity contribution in [1.82, 2.24) is 4.31 Å². The molecular formula is C15H20FNO5S. The molecule has 0 aromatic heterocycles. The molecule has 1 aromatic rings. The van der Waals surface area contributed by atoms with Gasteiger partial charge in [-0.15, -0.1) is 0 Å². The predicted octanol–water partition coefficient (Wildman–Crippen LogP) is 1.88. The number of aromatic carboxylic acids is 1. The molecule has 1 aromatic carbocycles. The smallest absolute Gasteiger partial charge is 0.336 e. The van der Waals surface area contributed by atoms with Crippen LogP contribution in [0.3, 0.4) is 0 Å². The number of hydrogen-bond donors (Lipinski definition) is 1. The summed E-state index contributed by atoms with van der Waals surface area (Å²) in [6, 6.07) is 1.91. The second-order valence-corrected chi connectivity index (χ2v) is 7.65. The van der Waals surface area contributed by atoms with Gasteiger partial charge in [0.25, 0.3) is 0 Å². The first-order valence-corrected chi connectivity index (χ1v) is 8.74. The molecule has 23 heavy (non-hydrogen) atoms. The van der Waals surface area contributed by atoms with Gasteiger partial charge in [-0.25, -0.2) is 17.6 Å². The van der Waals surface area contributed by atoms with E-state index in [4.69, 9.17) is 9.84 Å². The lowest BCUT2D eigenvalue weighted by atomic mass is 10.0. The number of carbonyl (C=O) groups is 1. The van der Waals surface area contributed by atoms with Crippen LogP contribution >= 0.6 is 0 Å². The van der Waals surface area contributed by atoms with E-state index in [0.717, 1.165) is 18.6 Å². The lowest BCUT2D eigenvalue weighted by Crippen LogP contribution is -2.41. The maximum atomic E-state index is 13.9. The lowest BCUT2D eigenvalue weighted by Gasteiger charge is -2.31. The van der Waals surface area contributed by atoms with Crippen molar-refractivity contribution in [2.24, 2.45) is 5.92 Å². The van der Waals surface area contributed by atoms with Crippen molar-refractivity contribution >= 4 is 16.0 Å². The highest BCUT2D eigenvalue weighted by atomic mass is 32.2. The van der Waals surface area contributed by atoms with Crippen LogP contribution in [-0.2, 0) is 14.8 Å². The zero-order valence-corrected chi connectivity index (χ0v) is 13.9. The summed E-state index contributed by atoms with van der Waals surface area (Å²) in [5.41, 5.74) is -0.415. The first-order valence-electron chi connectivity index (χ1n) is 7.30. The molecular weight excluding hydrogens is 325 g/mol. The Morgan fingerprint density at radius 2 is 2.17 bits per heavy atom. The minimum absolute atomic E-state index is 0.0765. The van der Waals surface area contributed by atoms with Gasteiger partial charge in [0.15, 0.2) is 0 Å². The van der Waals surface area contributed by atoms with Crippen LogP contribution in [0.1, 0.15) is 28.8 Å². The number of carboxylic acid groups (broad SMARTS) is 1. The molecule has 1 aliphatic heterocycles. The molecule has 0 radical (unpaired) electrons. The molecule has 1 heterocycles. The molecule has 0 spiro atoms. The SMILES string of the molecule is COCC1CCCN(S(=O)(=O)c2cc(F)c(C)c(C(=O)O)c2)C1. The summed E-state index contributed by atoms with van der Waals surface area (Å²) >= 11 is 0. The molecule has 1 fully saturated rings. The van der Waals surface area contributed by atoms with Crippen LogP contribution < -0.4 is 0 Å². The Bertz CT molecular complexity index is 702. The van der Waals surface area contributed by atoms with Gasteiger partial charge in [-0.1, -0.05) is 0 Å². The van der Waals surface area contributed by atoms with Gasteiger partial charge in [0, 0.05) is 20.2 Å². The zero-order chi connectivity index (χ0) is 17.2. The lowest BCUT2D eigenvalue weighted by molar-refractivity contribution is 0.0695. The van der Waals surface area contributed by atoms with Gasteiger partial charge in [0.2, 0.25) is 10.0 Å². The van der Waals surface area contributed by atoms with Crippen molar-refractivity contribution in [2.45, 2.75) is 24.7 Å². The van der Waals surface area contributed by atoms with E-state index in [1.54, 1.807) is 7.11 Å². The van der Waals surface area contributed by atoms with Crippen LogP contribution in [0, 0.1) is 18.7 Å².